The molecule has 0 rings (SSSR count). The van der Waals surface area contributed by atoms with Crippen molar-refractivity contribution in [1.82, 2.24) is 0 Å². The molecule has 0 saturated carbocycles. The molecule has 0 saturated heterocycles. The summed E-state index contributed by atoms with van der Waals surface area (Å²) in [7, 11) is 0. The second kappa shape index (κ2) is 11.4. The van der Waals surface area contributed by atoms with Crippen molar-refractivity contribution in [3.63, 3.8) is 0 Å². The van der Waals surface area contributed by atoms with Crippen LogP contribution in [0.5, 0.6) is 0 Å². The summed E-state index contributed by atoms with van der Waals surface area (Å²) in [6.45, 7) is 14.1. The van der Waals surface area contributed by atoms with Crippen LogP contribution in [0.3, 0.4) is 0 Å². The number of hydrogen-bond donors (Lipinski definition) is 1. The van der Waals surface area contributed by atoms with Gasteiger partial charge in [0.25, 0.3) is 0 Å². The highest BCUT2D eigenvalue weighted by atomic mass is 16.6. The molecule has 25 heavy (non-hydrogen) atoms. The van der Waals surface area contributed by atoms with Crippen LogP contribution in [0.15, 0.2) is 12.2 Å². The first-order valence-electron chi connectivity index (χ1n) is 8.39. The van der Waals surface area contributed by atoms with E-state index in [0.29, 0.717) is 5.57 Å². The molecule has 7 heteroatoms. The standard InChI is InChI=1S/C18H32O7/c1-12(2)16(20)18(6,7)24-9-8-23-17(21)15(5)25-14(4)11-22-10-13(3)19/h13-15,19H,1,8-11H2,2-7H3. The fourth-order valence-electron chi connectivity index (χ4n) is 1.98. The van der Waals surface area contributed by atoms with Crippen molar-refractivity contribution in [1.29, 1.82) is 0 Å². The van der Waals surface area contributed by atoms with E-state index < -0.39 is 23.8 Å². The topological polar surface area (TPSA) is 91.3 Å². The average Bonchev–Trinajstić information content (AvgIpc) is 2.49. The smallest absolute Gasteiger partial charge is 0.335 e. The van der Waals surface area contributed by atoms with Gasteiger partial charge in [-0.3, -0.25) is 4.79 Å². The van der Waals surface area contributed by atoms with E-state index in [1.807, 2.05) is 0 Å². The van der Waals surface area contributed by atoms with Gasteiger partial charge in [-0.05, 0) is 47.1 Å². The van der Waals surface area contributed by atoms with E-state index in [0.717, 1.165) is 0 Å². The summed E-state index contributed by atoms with van der Waals surface area (Å²) in [6, 6.07) is 0. The number of carbonyl (C=O) groups excluding carboxylic acids is 2. The predicted octanol–water partition coefficient (Wildman–Crippen LogP) is 1.66. The van der Waals surface area contributed by atoms with Crippen LogP contribution in [0.25, 0.3) is 0 Å². The molecule has 0 aliphatic heterocycles. The molecule has 0 aromatic heterocycles. The average molecular weight is 360 g/mol. The zero-order valence-corrected chi connectivity index (χ0v) is 16.2. The molecule has 0 bridgehead atoms. The number of ether oxygens (including phenoxy) is 4. The van der Waals surface area contributed by atoms with Crippen LogP contribution >= 0.6 is 0 Å². The highest BCUT2D eigenvalue weighted by Gasteiger charge is 2.28. The minimum absolute atomic E-state index is 0.0202. The molecule has 146 valence electrons. The van der Waals surface area contributed by atoms with Crippen molar-refractivity contribution in [3.8, 4) is 0 Å². The van der Waals surface area contributed by atoms with Crippen molar-refractivity contribution < 1.29 is 33.6 Å². The molecule has 0 aromatic carbocycles. The van der Waals surface area contributed by atoms with Gasteiger partial charge in [0.2, 0.25) is 0 Å². The Kier molecular flexibility index (Phi) is 10.8. The molecular formula is C18H32O7. The second-order valence-corrected chi connectivity index (χ2v) is 6.61. The fourth-order valence-corrected chi connectivity index (χ4v) is 1.98. The molecule has 0 fully saturated rings. The van der Waals surface area contributed by atoms with Crippen molar-refractivity contribution in [2.45, 2.75) is 65.5 Å². The van der Waals surface area contributed by atoms with E-state index in [4.69, 9.17) is 24.1 Å². The first-order valence-corrected chi connectivity index (χ1v) is 8.39. The minimum Gasteiger partial charge on any atom is -0.461 e. The highest BCUT2D eigenvalue weighted by Crippen LogP contribution is 2.15. The summed E-state index contributed by atoms with van der Waals surface area (Å²) in [5.74, 6) is -0.712. The number of aliphatic hydroxyl groups is 1. The largest absolute Gasteiger partial charge is 0.461 e. The van der Waals surface area contributed by atoms with Gasteiger partial charge in [0.15, 0.2) is 11.9 Å². The lowest BCUT2D eigenvalue weighted by molar-refractivity contribution is -0.164. The van der Waals surface area contributed by atoms with Crippen LogP contribution in [0.2, 0.25) is 0 Å². The third kappa shape index (κ3) is 10.3. The molecule has 0 spiro atoms. The van der Waals surface area contributed by atoms with Gasteiger partial charge in [-0.15, -0.1) is 0 Å². The molecule has 0 aliphatic carbocycles. The van der Waals surface area contributed by atoms with Crippen molar-refractivity contribution in [3.05, 3.63) is 12.2 Å². The molecule has 7 nitrogen and oxygen atoms in total. The Morgan fingerprint density at radius 2 is 1.72 bits per heavy atom. The van der Waals surface area contributed by atoms with Gasteiger partial charge in [-0.1, -0.05) is 6.58 Å². The third-order valence-corrected chi connectivity index (χ3v) is 3.20. The fraction of sp³-hybridized carbons (Fsp3) is 0.778. The van der Waals surface area contributed by atoms with Gasteiger partial charge >= 0.3 is 5.97 Å². The van der Waals surface area contributed by atoms with Crippen molar-refractivity contribution in [2.75, 3.05) is 26.4 Å². The number of ketones is 1. The Balaban J connectivity index is 4.05. The van der Waals surface area contributed by atoms with E-state index in [1.165, 1.54) is 0 Å². The third-order valence-electron chi connectivity index (χ3n) is 3.20. The Labute approximate surface area is 150 Å². The number of hydrogen-bond acceptors (Lipinski definition) is 7. The van der Waals surface area contributed by atoms with Gasteiger partial charge in [0, 0.05) is 0 Å². The van der Waals surface area contributed by atoms with Gasteiger partial charge in [0.1, 0.15) is 12.2 Å². The molecule has 3 atom stereocenters. The number of esters is 1. The summed E-state index contributed by atoms with van der Waals surface area (Å²) in [6.07, 6.45) is -1.62. The van der Waals surface area contributed by atoms with Crippen LogP contribution in [0.4, 0.5) is 0 Å². The molecule has 0 radical (unpaired) electrons. The van der Waals surface area contributed by atoms with Crippen molar-refractivity contribution >= 4 is 11.8 Å². The maximum atomic E-state index is 11.9. The molecule has 3 unspecified atom stereocenters. The molecule has 0 amide bonds. The Morgan fingerprint density at radius 3 is 2.24 bits per heavy atom. The van der Waals surface area contributed by atoms with Crippen LogP contribution < -0.4 is 0 Å². The number of Topliss-reactive ketones (excluding diaryl/α,β-unsaturated/α-hetero) is 1. The lowest BCUT2D eigenvalue weighted by Crippen LogP contribution is -2.37. The summed E-state index contributed by atoms with van der Waals surface area (Å²) < 4.78 is 21.2. The summed E-state index contributed by atoms with van der Waals surface area (Å²) >= 11 is 0. The van der Waals surface area contributed by atoms with Crippen molar-refractivity contribution in [2.24, 2.45) is 0 Å². The van der Waals surface area contributed by atoms with Crippen LogP contribution in [0.1, 0.15) is 41.5 Å². The van der Waals surface area contributed by atoms with E-state index >= 15 is 0 Å². The van der Waals surface area contributed by atoms with Gasteiger partial charge in [0.05, 0.1) is 32.0 Å². The number of aliphatic hydroxyl groups excluding tert-OH is 1. The molecule has 0 aromatic rings. The monoisotopic (exact) mass is 360 g/mol. The number of carbonyl (C=O) groups is 2. The predicted molar refractivity (Wildman–Crippen MR) is 93.3 cm³/mol. The first-order chi connectivity index (χ1) is 11.5. The Morgan fingerprint density at radius 1 is 1.12 bits per heavy atom. The zero-order chi connectivity index (χ0) is 19.6. The SMILES string of the molecule is C=C(C)C(=O)C(C)(C)OCCOC(=O)C(C)OC(C)COCC(C)O. The van der Waals surface area contributed by atoms with E-state index in [2.05, 4.69) is 6.58 Å². The summed E-state index contributed by atoms with van der Waals surface area (Å²) in [5, 5.41) is 9.10. The summed E-state index contributed by atoms with van der Waals surface area (Å²) in [4.78, 5) is 23.7. The van der Waals surface area contributed by atoms with Gasteiger partial charge in [-0.2, -0.15) is 0 Å². The van der Waals surface area contributed by atoms with Gasteiger partial charge in [-0.25, -0.2) is 4.79 Å². The second-order valence-electron chi connectivity index (χ2n) is 6.61. The molecule has 1 N–H and O–H groups in total. The van der Waals surface area contributed by atoms with Crippen LogP contribution in [-0.2, 0) is 28.5 Å². The molecule has 0 heterocycles. The van der Waals surface area contributed by atoms with Crippen LogP contribution in [-0.4, -0.2) is 67.2 Å². The summed E-state index contributed by atoms with van der Waals surface area (Å²) in [5.41, 5.74) is -0.591. The van der Waals surface area contributed by atoms with E-state index in [9.17, 15) is 9.59 Å². The number of rotatable bonds is 13. The Hall–Kier alpha value is -1.28. The molecule has 0 aliphatic rings. The maximum absolute atomic E-state index is 11.9. The minimum atomic E-state index is -1.00. The lowest BCUT2D eigenvalue weighted by Gasteiger charge is -2.24. The van der Waals surface area contributed by atoms with Gasteiger partial charge < -0.3 is 24.1 Å². The maximum Gasteiger partial charge on any atom is 0.335 e. The Bertz CT molecular complexity index is 443. The van der Waals surface area contributed by atoms with E-state index in [-0.39, 0.29) is 38.3 Å². The zero-order valence-electron chi connectivity index (χ0n) is 16.2. The molecular weight excluding hydrogens is 328 g/mol. The normalized spacial score (nSPS) is 15.3. The van der Waals surface area contributed by atoms with E-state index in [1.54, 1.807) is 41.5 Å². The quantitative estimate of drug-likeness (QED) is 0.303. The highest BCUT2D eigenvalue weighted by molar-refractivity contribution is 6.00. The first kappa shape index (κ1) is 23.7. The van der Waals surface area contributed by atoms with Crippen LogP contribution in [0, 0.1) is 0 Å². The lowest BCUT2D eigenvalue weighted by atomic mass is 9.98.